The Morgan fingerprint density at radius 3 is 2.88 bits per heavy atom. The lowest BCUT2D eigenvalue weighted by Gasteiger charge is -2.31. The summed E-state index contributed by atoms with van der Waals surface area (Å²) in [7, 11) is 0. The first-order chi connectivity index (χ1) is 7.54. The van der Waals surface area contributed by atoms with Crippen molar-refractivity contribution in [1.82, 2.24) is 0 Å². The minimum absolute atomic E-state index is 0.166. The first-order valence-corrected chi connectivity index (χ1v) is 5.94. The number of fused-ring (bicyclic) bond motifs is 1. The molecule has 2 heteroatoms. The second kappa shape index (κ2) is 4.10. The number of aliphatic hydroxyl groups is 1. The summed E-state index contributed by atoms with van der Waals surface area (Å²) in [6, 6.07) is 6.15. The molecule has 1 aromatic carbocycles. The van der Waals surface area contributed by atoms with Crippen molar-refractivity contribution in [3.8, 4) is 5.75 Å². The van der Waals surface area contributed by atoms with Crippen LogP contribution in [0.3, 0.4) is 0 Å². The van der Waals surface area contributed by atoms with Crippen LogP contribution in [0.5, 0.6) is 5.75 Å². The van der Waals surface area contributed by atoms with Gasteiger partial charge in [-0.15, -0.1) is 0 Å². The zero-order valence-electron chi connectivity index (χ0n) is 10.3. The summed E-state index contributed by atoms with van der Waals surface area (Å²) >= 11 is 0. The molecule has 88 valence electrons. The van der Waals surface area contributed by atoms with Gasteiger partial charge in [-0.05, 0) is 37.0 Å². The minimum atomic E-state index is -0.185. The Kier molecular flexibility index (Phi) is 2.94. The quantitative estimate of drug-likeness (QED) is 0.830. The van der Waals surface area contributed by atoms with E-state index in [4.69, 9.17) is 4.74 Å². The lowest BCUT2D eigenvalue weighted by Crippen LogP contribution is -2.27. The van der Waals surface area contributed by atoms with Gasteiger partial charge in [-0.2, -0.15) is 0 Å². The van der Waals surface area contributed by atoms with Crippen LogP contribution in [0.4, 0.5) is 0 Å². The van der Waals surface area contributed by atoms with Crippen molar-refractivity contribution in [2.75, 3.05) is 6.61 Å². The van der Waals surface area contributed by atoms with Crippen LogP contribution in [0.15, 0.2) is 18.2 Å². The van der Waals surface area contributed by atoms with Crippen molar-refractivity contribution in [2.45, 2.75) is 45.1 Å². The first kappa shape index (κ1) is 11.5. The molecular formula is C14H20O2. The summed E-state index contributed by atoms with van der Waals surface area (Å²) in [4.78, 5) is 0. The van der Waals surface area contributed by atoms with E-state index in [1.165, 1.54) is 11.1 Å². The molecule has 2 rings (SSSR count). The molecule has 0 aliphatic carbocycles. The van der Waals surface area contributed by atoms with Gasteiger partial charge in [0.05, 0.1) is 12.7 Å². The van der Waals surface area contributed by atoms with Crippen LogP contribution in [0, 0.1) is 0 Å². The number of rotatable bonds is 2. The molecule has 16 heavy (non-hydrogen) atoms. The summed E-state index contributed by atoms with van der Waals surface area (Å²) in [5, 5.41) is 9.46. The molecule has 0 bridgehead atoms. The maximum absolute atomic E-state index is 9.46. The summed E-state index contributed by atoms with van der Waals surface area (Å²) in [5.74, 6) is 0.998. The average molecular weight is 220 g/mol. The van der Waals surface area contributed by atoms with Crippen LogP contribution in [0.1, 0.15) is 38.3 Å². The molecule has 0 aromatic heterocycles. The molecule has 1 N–H and O–H groups in total. The van der Waals surface area contributed by atoms with Gasteiger partial charge < -0.3 is 9.84 Å². The van der Waals surface area contributed by atoms with Gasteiger partial charge in [0.1, 0.15) is 5.75 Å². The highest BCUT2D eigenvalue weighted by molar-refractivity contribution is 5.45. The van der Waals surface area contributed by atoms with E-state index in [1.807, 2.05) is 12.1 Å². The first-order valence-electron chi connectivity index (χ1n) is 5.94. The zero-order chi connectivity index (χ0) is 11.8. The third-order valence-corrected chi connectivity index (χ3v) is 3.39. The van der Waals surface area contributed by atoms with Gasteiger partial charge in [-0.3, -0.25) is 0 Å². The summed E-state index contributed by atoms with van der Waals surface area (Å²) in [6.45, 7) is 6.41. The maximum atomic E-state index is 9.46. The third kappa shape index (κ3) is 1.94. The standard InChI is InChI=1S/C14H20O2/c1-10-7-8-11-12(14(2,3)9-15)5-4-6-13(11)16-10/h4-6,10,15H,7-9H2,1-3H3. The fourth-order valence-electron chi connectivity index (χ4n) is 2.28. The van der Waals surface area contributed by atoms with Gasteiger partial charge in [-0.25, -0.2) is 0 Å². The maximum Gasteiger partial charge on any atom is 0.123 e. The number of benzene rings is 1. The highest BCUT2D eigenvalue weighted by Gasteiger charge is 2.27. The van der Waals surface area contributed by atoms with Crippen molar-refractivity contribution in [1.29, 1.82) is 0 Å². The Morgan fingerprint density at radius 2 is 2.19 bits per heavy atom. The van der Waals surface area contributed by atoms with Crippen LogP contribution in [0.25, 0.3) is 0 Å². The predicted molar refractivity (Wildman–Crippen MR) is 65.0 cm³/mol. The molecule has 0 fully saturated rings. The highest BCUT2D eigenvalue weighted by atomic mass is 16.5. The van der Waals surface area contributed by atoms with Crippen molar-refractivity contribution in [2.24, 2.45) is 0 Å². The van der Waals surface area contributed by atoms with E-state index < -0.39 is 0 Å². The Morgan fingerprint density at radius 1 is 1.44 bits per heavy atom. The fraction of sp³-hybridized carbons (Fsp3) is 0.571. The van der Waals surface area contributed by atoms with Crippen molar-refractivity contribution in [3.63, 3.8) is 0 Å². The topological polar surface area (TPSA) is 29.5 Å². The normalized spacial score (nSPS) is 20.1. The number of ether oxygens (including phenoxy) is 1. The Balaban J connectivity index is 2.45. The molecule has 0 spiro atoms. The molecule has 2 nitrogen and oxygen atoms in total. The molecule has 0 saturated carbocycles. The largest absolute Gasteiger partial charge is 0.490 e. The van der Waals surface area contributed by atoms with Crippen LogP contribution >= 0.6 is 0 Å². The molecule has 1 aliphatic heterocycles. The van der Waals surface area contributed by atoms with Gasteiger partial charge in [0.25, 0.3) is 0 Å². The SMILES string of the molecule is CC1CCc2c(cccc2C(C)(C)CO)O1. The van der Waals surface area contributed by atoms with Crippen LogP contribution < -0.4 is 4.74 Å². The smallest absolute Gasteiger partial charge is 0.123 e. The summed E-state index contributed by atoms with van der Waals surface area (Å²) < 4.78 is 5.83. The molecular weight excluding hydrogens is 200 g/mol. The van der Waals surface area contributed by atoms with E-state index in [0.29, 0.717) is 6.10 Å². The number of hydrogen-bond acceptors (Lipinski definition) is 2. The second-order valence-corrected chi connectivity index (χ2v) is 5.29. The van der Waals surface area contributed by atoms with E-state index in [1.54, 1.807) is 0 Å². The van der Waals surface area contributed by atoms with E-state index >= 15 is 0 Å². The van der Waals surface area contributed by atoms with Gasteiger partial charge in [0, 0.05) is 5.41 Å². The van der Waals surface area contributed by atoms with Crippen LogP contribution in [0.2, 0.25) is 0 Å². The summed E-state index contributed by atoms with van der Waals surface area (Å²) in [5.41, 5.74) is 2.31. The van der Waals surface area contributed by atoms with E-state index in [-0.39, 0.29) is 12.0 Å². The molecule has 1 heterocycles. The van der Waals surface area contributed by atoms with Crippen molar-refractivity contribution >= 4 is 0 Å². The Hall–Kier alpha value is -1.02. The van der Waals surface area contributed by atoms with Gasteiger partial charge in [0.2, 0.25) is 0 Å². The monoisotopic (exact) mass is 220 g/mol. The number of hydrogen-bond donors (Lipinski definition) is 1. The fourth-order valence-corrected chi connectivity index (χ4v) is 2.28. The van der Waals surface area contributed by atoms with E-state index in [2.05, 4.69) is 26.8 Å². The molecule has 1 atom stereocenters. The third-order valence-electron chi connectivity index (χ3n) is 3.39. The predicted octanol–water partition coefficient (Wildman–Crippen LogP) is 2.67. The van der Waals surface area contributed by atoms with Gasteiger partial charge in [0.15, 0.2) is 0 Å². The molecule has 0 saturated heterocycles. The van der Waals surface area contributed by atoms with Crippen molar-refractivity contribution < 1.29 is 9.84 Å². The van der Waals surface area contributed by atoms with Gasteiger partial charge >= 0.3 is 0 Å². The van der Waals surface area contributed by atoms with Crippen LogP contribution in [-0.2, 0) is 11.8 Å². The molecule has 0 radical (unpaired) electrons. The lowest BCUT2D eigenvalue weighted by molar-refractivity contribution is 0.186. The molecule has 0 amide bonds. The van der Waals surface area contributed by atoms with Crippen LogP contribution in [-0.4, -0.2) is 17.8 Å². The lowest BCUT2D eigenvalue weighted by atomic mass is 9.80. The average Bonchev–Trinajstić information content (AvgIpc) is 2.27. The summed E-state index contributed by atoms with van der Waals surface area (Å²) in [6.07, 6.45) is 2.42. The molecule has 1 aliphatic rings. The zero-order valence-corrected chi connectivity index (χ0v) is 10.3. The van der Waals surface area contributed by atoms with E-state index in [0.717, 1.165) is 18.6 Å². The molecule has 1 unspecified atom stereocenters. The number of aliphatic hydroxyl groups excluding tert-OH is 1. The Bertz CT molecular complexity index is 382. The highest BCUT2D eigenvalue weighted by Crippen LogP contribution is 2.36. The molecule has 1 aromatic rings. The van der Waals surface area contributed by atoms with Crippen molar-refractivity contribution in [3.05, 3.63) is 29.3 Å². The van der Waals surface area contributed by atoms with E-state index in [9.17, 15) is 5.11 Å². The van der Waals surface area contributed by atoms with Gasteiger partial charge in [-0.1, -0.05) is 26.0 Å². The second-order valence-electron chi connectivity index (χ2n) is 5.29. The minimum Gasteiger partial charge on any atom is -0.490 e. The Labute approximate surface area is 97.3 Å².